The summed E-state index contributed by atoms with van der Waals surface area (Å²) in [5.74, 6) is 0. The van der Waals surface area contributed by atoms with Gasteiger partial charge < -0.3 is 4.74 Å². The summed E-state index contributed by atoms with van der Waals surface area (Å²) in [7, 11) is 0. The Balaban J connectivity index is 1.39. The van der Waals surface area contributed by atoms with E-state index >= 15 is 0 Å². The molecule has 2 aromatic heterocycles. The highest BCUT2D eigenvalue weighted by atomic mass is 79.9. The maximum absolute atomic E-state index is 6.10. The van der Waals surface area contributed by atoms with Crippen LogP contribution in [-0.4, -0.2) is 20.9 Å². The second-order valence-electron chi connectivity index (χ2n) is 6.36. The first-order chi connectivity index (χ1) is 11.8. The molecule has 0 unspecified atom stereocenters. The van der Waals surface area contributed by atoms with Crippen LogP contribution in [0.2, 0.25) is 0 Å². The molecule has 5 heteroatoms. The predicted octanol–water partition coefficient (Wildman–Crippen LogP) is 4.89. The van der Waals surface area contributed by atoms with E-state index in [0.717, 1.165) is 41.2 Å². The Morgan fingerprint density at radius 1 is 1.08 bits per heavy atom. The molecule has 1 aromatic carbocycles. The number of benzene rings is 1. The molecule has 0 atom stereocenters. The third-order valence-electron chi connectivity index (χ3n) is 4.78. The fourth-order valence-corrected chi connectivity index (χ4v) is 3.95. The van der Waals surface area contributed by atoms with E-state index in [-0.39, 0.29) is 0 Å². The van der Waals surface area contributed by atoms with Crippen molar-refractivity contribution < 1.29 is 4.74 Å². The summed E-state index contributed by atoms with van der Waals surface area (Å²) in [6.45, 7) is 0.706. The van der Waals surface area contributed by atoms with Gasteiger partial charge in [-0.1, -0.05) is 30.3 Å². The standard InChI is InChI=1S/C19H20BrN3O/c20-19-17-12-21-11-10-18(17)23(22-19)15-6-8-16(9-7-15)24-13-14-4-2-1-3-5-14/h1-5,10-12,15-16H,6-9,13H2. The molecule has 1 aliphatic carbocycles. The summed E-state index contributed by atoms with van der Waals surface area (Å²) in [4.78, 5) is 4.19. The van der Waals surface area contributed by atoms with Crippen LogP contribution in [0.15, 0.2) is 53.4 Å². The number of rotatable bonds is 4. The zero-order valence-electron chi connectivity index (χ0n) is 13.4. The summed E-state index contributed by atoms with van der Waals surface area (Å²) in [6, 6.07) is 12.9. The van der Waals surface area contributed by atoms with E-state index < -0.39 is 0 Å². The van der Waals surface area contributed by atoms with Crippen molar-refractivity contribution in [3.05, 3.63) is 59.0 Å². The summed E-state index contributed by atoms with van der Waals surface area (Å²) in [5.41, 5.74) is 2.40. The van der Waals surface area contributed by atoms with Crippen LogP contribution in [0.3, 0.4) is 0 Å². The van der Waals surface area contributed by atoms with Crippen LogP contribution >= 0.6 is 15.9 Å². The Hall–Kier alpha value is -1.72. The van der Waals surface area contributed by atoms with Gasteiger partial charge in [-0.2, -0.15) is 5.10 Å². The molecule has 0 bridgehead atoms. The predicted molar refractivity (Wildman–Crippen MR) is 97.8 cm³/mol. The fourth-order valence-electron chi connectivity index (χ4n) is 3.47. The summed E-state index contributed by atoms with van der Waals surface area (Å²) < 4.78 is 9.14. The molecule has 1 aliphatic rings. The molecule has 1 fully saturated rings. The summed E-state index contributed by atoms with van der Waals surface area (Å²) in [5, 5.41) is 5.77. The quantitative estimate of drug-likeness (QED) is 0.641. The molecule has 4 rings (SSSR count). The van der Waals surface area contributed by atoms with Crippen LogP contribution in [0.5, 0.6) is 0 Å². The van der Waals surface area contributed by atoms with E-state index in [4.69, 9.17) is 4.74 Å². The molecule has 0 amide bonds. The van der Waals surface area contributed by atoms with Crippen molar-refractivity contribution in [3.63, 3.8) is 0 Å². The third-order valence-corrected chi connectivity index (χ3v) is 5.37. The van der Waals surface area contributed by atoms with E-state index in [0.29, 0.717) is 18.8 Å². The van der Waals surface area contributed by atoms with Crippen molar-refractivity contribution in [2.24, 2.45) is 0 Å². The lowest BCUT2D eigenvalue weighted by Crippen LogP contribution is -2.24. The highest BCUT2D eigenvalue weighted by molar-refractivity contribution is 9.10. The molecule has 0 radical (unpaired) electrons. The van der Waals surface area contributed by atoms with Gasteiger partial charge in [-0.25, -0.2) is 0 Å². The lowest BCUT2D eigenvalue weighted by atomic mass is 9.93. The Kier molecular flexibility index (Phi) is 4.63. The first-order valence-corrected chi connectivity index (χ1v) is 9.24. The van der Waals surface area contributed by atoms with Crippen LogP contribution in [0, 0.1) is 0 Å². The second-order valence-corrected chi connectivity index (χ2v) is 7.11. The minimum Gasteiger partial charge on any atom is -0.374 e. The van der Waals surface area contributed by atoms with Gasteiger partial charge in [-0.3, -0.25) is 9.67 Å². The molecule has 0 spiro atoms. The van der Waals surface area contributed by atoms with Gasteiger partial charge in [0.2, 0.25) is 0 Å². The van der Waals surface area contributed by atoms with Gasteiger partial charge in [-0.05, 0) is 53.2 Å². The molecule has 0 aliphatic heterocycles. The van der Waals surface area contributed by atoms with Crippen molar-refractivity contribution in [2.75, 3.05) is 0 Å². The molecule has 4 nitrogen and oxygen atoms in total. The third kappa shape index (κ3) is 3.23. The lowest BCUT2D eigenvalue weighted by Gasteiger charge is -2.29. The molecule has 3 aromatic rings. The molecule has 0 saturated heterocycles. The van der Waals surface area contributed by atoms with Crippen LogP contribution in [0.25, 0.3) is 10.9 Å². The summed E-state index contributed by atoms with van der Waals surface area (Å²) >= 11 is 3.55. The van der Waals surface area contributed by atoms with Crippen molar-refractivity contribution in [1.29, 1.82) is 0 Å². The lowest BCUT2D eigenvalue weighted by molar-refractivity contribution is 0.00778. The van der Waals surface area contributed by atoms with Crippen molar-refractivity contribution in [3.8, 4) is 0 Å². The number of halogens is 1. The second kappa shape index (κ2) is 7.03. The van der Waals surface area contributed by atoms with Gasteiger partial charge in [0.05, 0.1) is 29.7 Å². The van der Waals surface area contributed by atoms with E-state index in [2.05, 4.69) is 55.0 Å². The van der Waals surface area contributed by atoms with Gasteiger partial charge in [0.1, 0.15) is 4.60 Å². The zero-order chi connectivity index (χ0) is 16.4. The average Bonchev–Trinajstić information content (AvgIpc) is 2.99. The van der Waals surface area contributed by atoms with Crippen LogP contribution in [0.4, 0.5) is 0 Å². The number of aromatic nitrogens is 3. The Labute approximate surface area is 150 Å². The monoisotopic (exact) mass is 385 g/mol. The minimum absolute atomic E-state index is 0.355. The smallest absolute Gasteiger partial charge is 0.137 e. The van der Waals surface area contributed by atoms with Crippen LogP contribution in [-0.2, 0) is 11.3 Å². The first kappa shape index (κ1) is 15.8. The highest BCUT2D eigenvalue weighted by Gasteiger charge is 2.25. The van der Waals surface area contributed by atoms with Crippen molar-refractivity contribution in [1.82, 2.24) is 14.8 Å². The Bertz CT molecular complexity index is 810. The Morgan fingerprint density at radius 3 is 2.67 bits per heavy atom. The highest BCUT2D eigenvalue weighted by Crippen LogP contribution is 2.34. The van der Waals surface area contributed by atoms with Crippen LogP contribution in [0.1, 0.15) is 37.3 Å². The summed E-state index contributed by atoms with van der Waals surface area (Å²) in [6.07, 6.45) is 8.44. The molecular weight excluding hydrogens is 366 g/mol. The molecule has 124 valence electrons. The molecule has 0 N–H and O–H groups in total. The van der Waals surface area contributed by atoms with Gasteiger partial charge in [-0.15, -0.1) is 0 Å². The number of hydrogen-bond acceptors (Lipinski definition) is 3. The number of pyridine rings is 1. The number of ether oxygens (including phenoxy) is 1. The fraction of sp³-hybridized carbons (Fsp3) is 0.368. The number of nitrogens with zero attached hydrogens (tertiary/aromatic N) is 3. The van der Waals surface area contributed by atoms with Gasteiger partial charge >= 0.3 is 0 Å². The molecule has 1 saturated carbocycles. The van der Waals surface area contributed by atoms with E-state index in [1.165, 1.54) is 5.56 Å². The molecule has 2 heterocycles. The van der Waals surface area contributed by atoms with Crippen molar-refractivity contribution >= 4 is 26.8 Å². The van der Waals surface area contributed by atoms with Gasteiger partial charge in [0.15, 0.2) is 0 Å². The SMILES string of the molecule is Brc1nn(C2CCC(OCc3ccccc3)CC2)c2ccncc12. The van der Waals surface area contributed by atoms with E-state index in [1.54, 1.807) is 0 Å². The Morgan fingerprint density at radius 2 is 1.88 bits per heavy atom. The van der Waals surface area contributed by atoms with Crippen molar-refractivity contribution in [2.45, 2.75) is 44.4 Å². The van der Waals surface area contributed by atoms with Gasteiger partial charge in [0.25, 0.3) is 0 Å². The maximum Gasteiger partial charge on any atom is 0.137 e. The van der Waals surface area contributed by atoms with E-state index in [9.17, 15) is 0 Å². The normalized spacial score (nSPS) is 21.2. The number of hydrogen-bond donors (Lipinski definition) is 0. The van der Waals surface area contributed by atoms with Crippen LogP contribution < -0.4 is 0 Å². The average molecular weight is 386 g/mol. The van der Waals surface area contributed by atoms with Gasteiger partial charge in [0, 0.05) is 12.4 Å². The molecular formula is C19H20BrN3O. The maximum atomic E-state index is 6.10. The number of fused-ring (bicyclic) bond motifs is 1. The van der Waals surface area contributed by atoms with E-state index in [1.807, 2.05) is 24.5 Å². The molecule has 24 heavy (non-hydrogen) atoms. The largest absolute Gasteiger partial charge is 0.374 e. The zero-order valence-corrected chi connectivity index (χ0v) is 15.0. The first-order valence-electron chi connectivity index (χ1n) is 8.44. The minimum atomic E-state index is 0.355. The topological polar surface area (TPSA) is 39.9 Å².